The summed E-state index contributed by atoms with van der Waals surface area (Å²) in [6.07, 6.45) is 1.79. The minimum Gasteiger partial charge on any atom is -0.315 e. The number of likely N-dealkylation sites (tertiary alicyclic amines) is 1. The molecule has 0 bridgehead atoms. The molecule has 0 spiro atoms. The molecular formula is C20H17ClFN3OS. The highest BCUT2D eigenvalue weighted by Gasteiger charge is 2.32. The van der Waals surface area contributed by atoms with Gasteiger partial charge in [0.25, 0.3) is 0 Å². The number of halogens is 2. The van der Waals surface area contributed by atoms with Gasteiger partial charge in [-0.25, -0.2) is 14.2 Å². The van der Waals surface area contributed by atoms with Crippen molar-refractivity contribution >= 4 is 34.7 Å². The number of rotatable bonds is 3. The van der Waals surface area contributed by atoms with E-state index in [1.807, 2.05) is 17.5 Å². The van der Waals surface area contributed by atoms with Crippen LogP contribution >= 0.6 is 22.9 Å². The van der Waals surface area contributed by atoms with Crippen molar-refractivity contribution in [2.75, 3.05) is 11.9 Å². The van der Waals surface area contributed by atoms with Crippen LogP contribution in [0.1, 0.15) is 23.9 Å². The van der Waals surface area contributed by atoms with Gasteiger partial charge in [-0.2, -0.15) is 0 Å². The summed E-state index contributed by atoms with van der Waals surface area (Å²) in [4.78, 5) is 19.3. The monoisotopic (exact) mass is 401 g/mol. The van der Waals surface area contributed by atoms with Gasteiger partial charge in [0.15, 0.2) is 0 Å². The molecule has 4 nitrogen and oxygen atoms in total. The molecule has 138 valence electrons. The van der Waals surface area contributed by atoms with E-state index in [1.165, 1.54) is 23.5 Å². The van der Waals surface area contributed by atoms with Crippen molar-refractivity contribution in [1.82, 2.24) is 9.88 Å². The number of hydrogen-bond acceptors (Lipinski definition) is 3. The van der Waals surface area contributed by atoms with E-state index in [-0.39, 0.29) is 17.9 Å². The maximum atomic E-state index is 13.1. The average Bonchev–Trinajstić information content (AvgIpc) is 3.33. The molecule has 1 aromatic heterocycles. The summed E-state index contributed by atoms with van der Waals surface area (Å²) < 4.78 is 13.1. The first-order valence-electron chi connectivity index (χ1n) is 8.65. The molecule has 0 saturated carbocycles. The number of amides is 2. The van der Waals surface area contributed by atoms with Crippen LogP contribution in [0.5, 0.6) is 0 Å². The minimum absolute atomic E-state index is 0.0633. The van der Waals surface area contributed by atoms with Gasteiger partial charge in [0, 0.05) is 17.5 Å². The Kier molecular flexibility index (Phi) is 5.09. The summed E-state index contributed by atoms with van der Waals surface area (Å²) in [7, 11) is 0. The summed E-state index contributed by atoms with van der Waals surface area (Å²) in [5.74, 6) is -0.271. The highest BCUT2D eigenvalue weighted by atomic mass is 35.5. The third-order valence-electron chi connectivity index (χ3n) is 4.58. The number of carbonyl (C=O) groups is 1. The van der Waals surface area contributed by atoms with E-state index < -0.39 is 0 Å². The quantitative estimate of drug-likeness (QED) is 0.587. The third kappa shape index (κ3) is 3.82. The Morgan fingerprint density at radius 2 is 2.00 bits per heavy atom. The number of benzene rings is 2. The minimum atomic E-state index is -0.271. The summed E-state index contributed by atoms with van der Waals surface area (Å²) in [6.45, 7) is 0.673. The van der Waals surface area contributed by atoms with Crippen LogP contribution in [-0.2, 0) is 0 Å². The second-order valence-corrected chi connectivity index (χ2v) is 7.64. The van der Waals surface area contributed by atoms with Gasteiger partial charge in [0.05, 0.1) is 22.4 Å². The molecule has 0 radical (unpaired) electrons. The maximum Gasteiger partial charge on any atom is 0.322 e. The van der Waals surface area contributed by atoms with Gasteiger partial charge in [-0.3, -0.25) is 0 Å². The number of urea groups is 1. The number of hydrogen-bond donors (Lipinski definition) is 1. The molecule has 4 rings (SSSR count). The van der Waals surface area contributed by atoms with Gasteiger partial charge >= 0.3 is 6.03 Å². The van der Waals surface area contributed by atoms with E-state index in [1.54, 1.807) is 29.2 Å². The van der Waals surface area contributed by atoms with E-state index >= 15 is 0 Å². The largest absolute Gasteiger partial charge is 0.322 e. The van der Waals surface area contributed by atoms with Crippen molar-refractivity contribution in [3.63, 3.8) is 0 Å². The van der Waals surface area contributed by atoms with Gasteiger partial charge in [0.2, 0.25) is 0 Å². The van der Waals surface area contributed by atoms with Crippen molar-refractivity contribution in [3.05, 3.63) is 69.8 Å². The first-order chi connectivity index (χ1) is 13.1. The predicted molar refractivity (Wildman–Crippen MR) is 107 cm³/mol. The Balaban J connectivity index is 1.52. The molecule has 2 heterocycles. The van der Waals surface area contributed by atoms with E-state index in [0.717, 1.165) is 29.1 Å². The Morgan fingerprint density at radius 1 is 1.22 bits per heavy atom. The van der Waals surface area contributed by atoms with Crippen LogP contribution < -0.4 is 5.32 Å². The van der Waals surface area contributed by atoms with Crippen LogP contribution in [0.15, 0.2) is 53.9 Å². The lowest BCUT2D eigenvalue weighted by Crippen LogP contribution is -2.34. The zero-order valence-corrected chi connectivity index (χ0v) is 15.9. The lowest BCUT2D eigenvalue weighted by Gasteiger charge is -2.23. The topological polar surface area (TPSA) is 45.2 Å². The van der Waals surface area contributed by atoms with Gasteiger partial charge in [-0.15, -0.1) is 11.3 Å². The Morgan fingerprint density at radius 3 is 2.78 bits per heavy atom. The number of para-hydroxylation sites is 1. The smallest absolute Gasteiger partial charge is 0.315 e. The van der Waals surface area contributed by atoms with Crippen LogP contribution in [0.3, 0.4) is 0 Å². The number of anilines is 1. The summed E-state index contributed by atoms with van der Waals surface area (Å²) in [5, 5.41) is 6.23. The zero-order chi connectivity index (χ0) is 18.8. The van der Waals surface area contributed by atoms with E-state index in [2.05, 4.69) is 5.32 Å². The first-order valence-corrected chi connectivity index (χ1v) is 9.91. The third-order valence-corrected chi connectivity index (χ3v) is 5.85. The molecule has 0 aliphatic carbocycles. The maximum absolute atomic E-state index is 13.1. The van der Waals surface area contributed by atoms with E-state index in [4.69, 9.17) is 16.6 Å². The van der Waals surface area contributed by atoms with Crippen molar-refractivity contribution in [2.24, 2.45) is 0 Å². The predicted octanol–water partition coefficient (Wildman–Crippen LogP) is 5.97. The average molecular weight is 402 g/mol. The van der Waals surface area contributed by atoms with Crippen LogP contribution in [0.25, 0.3) is 11.3 Å². The summed E-state index contributed by atoms with van der Waals surface area (Å²) in [6, 6.07) is 13.2. The second-order valence-electron chi connectivity index (χ2n) is 6.34. The summed E-state index contributed by atoms with van der Waals surface area (Å²) >= 11 is 7.66. The first kappa shape index (κ1) is 17.9. The Labute approximate surface area is 165 Å². The normalized spacial score (nSPS) is 16.5. The van der Waals surface area contributed by atoms with E-state index in [0.29, 0.717) is 17.3 Å². The van der Waals surface area contributed by atoms with Gasteiger partial charge < -0.3 is 10.2 Å². The van der Waals surface area contributed by atoms with Crippen LogP contribution in [0.2, 0.25) is 5.02 Å². The SMILES string of the molecule is O=C(Nc1ccccc1Cl)N1CCCC1c1nc(-c2ccc(F)cc2)cs1. The number of nitrogens with one attached hydrogen (secondary N) is 1. The zero-order valence-electron chi connectivity index (χ0n) is 14.4. The van der Waals surface area contributed by atoms with Crippen molar-refractivity contribution < 1.29 is 9.18 Å². The van der Waals surface area contributed by atoms with Crippen molar-refractivity contribution in [1.29, 1.82) is 0 Å². The van der Waals surface area contributed by atoms with Gasteiger partial charge in [-0.1, -0.05) is 23.7 Å². The van der Waals surface area contributed by atoms with Crippen molar-refractivity contribution in [2.45, 2.75) is 18.9 Å². The molecule has 27 heavy (non-hydrogen) atoms. The lowest BCUT2D eigenvalue weighted by molar-refractivity contribution is 0.207. The number of carbonyl (C=O) groups excluding carboxylic acids is 1. The molecule has 2 amide bonds. The fraction of sp³-hybridized carbons (Fsp3) is 0.200. The molecule has 2 aromatic carbocycles. The standard InChI is InChI=1S/C20H17ClFN3OS/c21-15-4-1-2-5-16(15)24-20(26)25-11-3-6-18(25)19-23-17(12-27-19)13-7-9-14(22)10-8-13/h1-2,4-5,7-10,12,18H,3,6,11H2,(H,24,26). The van der Waals surface area contributed by atoms with Crippen LogP contribution in [-0.4, -0.2) is 22.5 Å². The fourth-order valence-electron chi connectivity index (χ4n) is 3.21. The molecule has 1 aliphatic heterocycles. The molecule has 1 N–H and O–H groups in total. The van der Waals surface area contributed by atoms with Gasteiger partial charge in [-0.05, 0) is 49.2 Å². The molecule has 1 atom stereocenters. The molecule has 1 saturated heterocycles. The van der Waals surface area contributed by atoms with E-state index in [9.17, 15) is 9.18 Å². The molecule has 7 heteroatoms. The Bertz CT molecular complexity index is 960. The number of thiazole rings is 1. The van der Waals surface area contributed by atoms with Crippen molar-refractivity contribution in [3.8, 4) is 11.3 Å². The second kappa shape index (κ2) is 7.66. The number of aromatic nitrogens is 1. The highest BCUT2D eigenvalue weighted by Crippen LogP contribution is 2.36. The molecule has 1 fully saturated rings. The fourth-order valence-corrected chi connectivity index (χ4v) is 4.37. The summed E-state index contributed by atoms with van der Waals surface area (Å²) in [5.41, 5.74) is 2.26. The molecule has 1 aliphatic rings. The molecular weight excluding hydrogens is 385 g/mol. The Hall–Kier alpha value is -2.44. The van der Waals surface area contributed by atoms with Crippen LogP contribution in [0.4, 0.5) is 14.9 Å². The molecule has 3 aromatic rings. The number of nitrogens with zero attached hydrogens (tertiary/aromatic N) is 2. The van der Waals surface area contributed by atoms with Gasteiger partial charge in [0.1, 0.15) is 10.8 Å². The highest BCUT2D eigenvalue weighted by molar-refractivity contribution is 7.10. The lowest BCUT2D eigenvalue weighted by atomic mass is 10.2. The molecule has 1 unspecified atom stereocenters. The van der Waals surface area contributed by atoms with Crippen LogP contribution in [0, 0.1) is 5.82 Å².